The molecule has 0 saturated heterocycles. The number of alkyl halides is 2. The van der Waals surface area contributed by atoms with Crippen molar-refractivity contribution < 1.29 is 22.1 Å². The van der Waals surface area contributed by atoms with Crippen molar-refractivity contribution in [3.05, 3.63) is 42.3 Å². The van der Waals surface area contributed by atoms with Crippen LogP contribution in [-0.4, -0.2) is 21.0 Å². The van der Waals surface area contributed by atoms with Crippen molar-refractivity contribution in [1.82, 2.24) is 15.1 Å². The van der Waals surface area contributed by atoms with Gasteiger partial charge in [-0.15, -0.1) is 0 Å². The second kappa shape index (κ2) is 5.47. The van der Waals surface area contributed by atoms with Gasteiger partial charge in [0.05, 0.1) is 0 Å². The molecule has 124 valence electrons. The Balaban J connectivity index is 1.66. The van der Waals surface area contributed by atoms with Crippen molar-refractivity contribution in [3.63, 3.8) is 0 Å². The maximum absolute atomic E-state index is 13.4. The lowest BCUT2D eigenvalue weighted by molar-refractivity contribution is 0.00749. The summed E-state index contributed by atoms with van der Waals surface area (Å²) in [6, 6.07) is 5.79. The van der Waals surface area contributed by atoms with Crippen LogP contribution >= 0.6 is 0 Å². The average molecular weight is 335 g/mol. The first kappa shape index (κ1) is 14.9. The van der Waals surface area contributed by atoms with Gasteiger partial charge in [-0.25, -0.2) is 18.2 Å². The van der Waals surface area contributed by atoms with Crippen molar-refractivity contribution in [2.75, 3.05) is 0 Å². The number of benzene rings is 1. The van der Waals surface area contributed by atoms with E-state index in [4.69, 9.17) is 8.94 Å². The number of halogens is 3. The Morgan fingerprint density at radius 3 is 2.88 bits per heavy atom. The minimum Gasteiger partial charge on any atom is -0.443 e. The van der Waals surface area contributed by atoms with Crippen molar-refractivity contribution in [2.45, 2.75) is 31.1 Å². The van der Waals surface area contributed by atoms with Gasteiger partial charge in [0.15, 0.2) is 23.7 Å². The monoisotopic (exact) mass is 335 g/mol. The average Bonchev–Trinajstić information content (AvgIpc) is 3.24. The lowest BCUT2D eigenvalue weighted by atomic mass is 10.1. The van der Waals surface area contributed by atoms with Crippen LogP contribution in [0.15, 0.2) is 39.6 Å². The molecule has 2 heterocycles. The molecular weight excluding hydrogens is 323 g/mol. The maximum Gasteiger partial charge on any atom is 0.280 e. The van der Waals surface area contributed by atoms with E-state index in [1.54, 1.807) is 6.07 Å². The predicted molar refractivity (Wildman–Crippen MR) is 76.7 cm³/mol. The maximum atomic E-state index is 13.4. The number of aromatic nitrogens is 3. The zero-order valence-electron chi connectivity index (χ0n) is 12.4. The number of nitrogens with zero attached hydrogens (tertiary/aromatic N) is 3. The van der Waals surface area contributed by atoms with Crippen LogP contribution in [0.5, 0.6) is 0 Å². The third-order valence-electron chi connectivity index (χ3n) is 4.07. The van der Waals surface area contributed by atoms with Gasteiger partial charge in [-0.1, -0.05) is 17.3 Å². The fourth-order valence-electron chi connectivity index (χ4n) is 2.90. The van der Waals surface area contributed by atoms with Gasteiger partial charge in [-0.05, 0) is 18.6 Å². The summed E-state index contributed by atoms with van der Waals surface area (Å²) in [6.07, 6.45) is 1.02. The normalized spacial score (nSPS) is 19.7. The number of rotatable bonds is 3. The third kappa shape index (κ3) is 2.68. The van der Waals surface area contributed by atoms with Gasteiger partial charge in [-0.2, -0.15) is 4.98 Å². The molecule has 2 aromatic heterocycles. The number of hydrogen-bond donors (Lipinski definition) is 0. The molecule has 0 aliphatic heterocycles. The molecule has 0 amide bonds. The predicted octanol–water partition coefficient (Wildman–Crippen LogP) is 4.43. The van der Waals surface area contributed by atoms with Gasteiger partial charge in [0.25, 0.3) is 5.89 Å². The molecule has 5 nitrogen and oxygen atoms in total. The zero-order valence-corrected chi connectivity index (χ0v) is 12.4. The van der Waals surface area contributed by atoms with Crippen molar-refractivity contribution in [3.8, 4) is 22.9 Å². The summed E-state index contributed by atoms with van der Waals surface area (Å²) >= 11 is 0. The minimum atomic E-state index is -2.69. The Kier molecular flexibility index (Phi) is 3.40. The molecule has 1 atom stereocenters. The summed E-state index contributed by atoms with van der Waals surface area (Å²) in [6.45, 7) is 0. The zero-order chi connectivity index (χ0) is 16.7. The van der Waals surface area contributed by atoms with Crippen molar-refractivity contribution in [1.29, 1.82) is 0 Å². The highest BCUT2D eigenvalue weighted by Gasteiger charge is 2.42. The Morgan fingerprint density at radius 1 is 1.25 bits per heavy atom. The Bertz CT molecular complexity index is 875. The first-order chi connectivity index (χ1) is 11.5. The molecule has 1 aliphatic rings. The highest BCUT2D eigenvalue weighted by atomic mass is 19.3. The van der Waals surface area contributed by atoms with Crippen LogP contribution in [0.1, 0.15) is 31.0 Å². The molecule has 3 aromatic rings. The van der Waals surface area contributed by atoms with Crippen LogP contribution in [0.25, 0.3) is 22.9 Å². The van der Waals surface area contributed by atoms with Crippen LogP contribution in [0.2, 0.25) is 0 Å². The van der Waals surface area contributed by atoms with Crippen molar-refractivity contribution >= 4 is 0 Å². The molecule has 0 N–H and O–H groups in total. The van der Waals surface area contributed by atoms with Gasteiger partial charge >= 0.3 is 0 Å². The summed E-state index contributed by atoms with van der Waals surface area (Å²) in [5.74, 6) is -2.98. The third-order valence-corrected chi connectivity index (χ3v) is 4.07. The SMILES string of the molecule is Fc1cccc(-c2ocnc2-c2nc(C3CCC(F)(F)C3)no2)c1. The smallest absolute Gasteiger partial charge is 0.280 e. The fraction of sp³-hybridized carbons (Fsp3) is 0.312. The van der Waals surface area contributed by atoms with Gasteiger partial charge in [0.1, 0.15) is 5.82 Å². The molecule has 0 spiro atoms. The quantitative estimate of drug-likeness (QED) is 0.708. The molecule has 1 aliphatic carbocycles. The summed E-state index contributed by atoms with van der Waals surface area (Å²) in [5, 5.41) is 3.80. The highest BCUT2D eigenvalue weighted by Crippen LogP contribution is 2.43. The molecule has 0 bridgehead atoms. The van der Waals surface area contributed by atoms with E-state index < -0.39 is 17.7 Å². The minimum absolute atomic E-state index is 0.0632. The van der Waals surface area contributed by atoms with Gasteiger partial charge in [-0.3, -0.25) is 0 Å². The Morgan fingerprint density at radius 2 is 2.12 bits per heavy atom. The van der Waals surface area contributed by atoms with Crippen LogP contribution in [0.3, 0.4) is 0 Å². The summed E-state index contributed by atoms with van der Waals surface area (Å²) in [7, 11) is 0. The summed E-state index contributed by atoms with van der Waals surface area (Å²) in [4.78, 5) is 8.21. The second-order valence-corrected chi connectivity index (χ2v) is 5.79. The van der Waals surface area contributed by atoms with Crippen LogP contribution in [-0.2, 0) is 0 Å². The second-order valence-electron chi connectivity index (χ2n) is 5.79. The Hall–Kier alpha value is -2.64. The first-order valence-corrected chi connectivity index (χ1v) is 7.43. The molecule has 1 aromatic carbocycles. The van der Waals surface area contributed by atoms with Gasteiger partial charge < -0.3 is 8.94 Å². The lowest BCUT2D eigenvalue weighted by Crippen LogP contribution is -2.09. The van der Waals surface area contributed by atoms with Crippen LogP contribution < -0.4 is 0 Å². The summed E-state index contributed by atoms with van der Waals surface area (Å²) in [5.41, 5.74) is 0.721. The molecule has 1 fully saturated rings. The van der Waals surface area contributed by atoms with Gasteiger partial charge in [0, 0.05) is 24.3 Å². The van der Waals surface area contributed by atoms with Crippen LogP contribution in [0.4, 0.5) is 13.2 Å². The van der Waals surface area contributed by atoms with E-state index in [2.05, 4.69) is 15.1 Å². The number of hydrogen-bond acceptors (Lipinski definition) is 5. The highest BCUT2D eigenvalue weighted by molar-refractivity contribution is 5.72. The van der Waals surface area contributed by atoms with E-state index in [0.717, 1.165) is 0 Å². The first-order valence-electron chi connectivity index (χ1n) is 7.43. The largest absolute Gasteiger partial charge is 0.443 e. The standard InChI is InChI=1S/C16H12F3N3O2/c17-11-3-1-2-9(6-11)13-12(20-8-23-13)15-21-14(22-24-15)10-4-5-16(18,19)7-10/h1-3,6,8,10H,4-5,7H2. The molecule has 0 radical (unpaired) electrons. The van der Waals surface area contributed by atoms with E-state index >= 15 is 0 Å². The molecule has 1 saturated carbocycles. The lowest BCUT2D eigenvalue weighted by Gasteiger charge is -2.06. The Labute approximate surface area is 134 Å². The van der Waals surface area contributed by atoms with Crippen molar-refractivity contribution in [2.24, 2.45) is 0 Å². The molecule has 24 heavy (non-hydrogen) atoms. The number of oxazole rings is 1. The topological polar surface area (TPSA) is 65.0 Å². The van der Waals surface area contributed by atoms with E-state index in [-0.39, 0.29) is 36.0 Å². The fourth-order valence-corrected chi connectivity index (χ4v) is 2.90. The molecule has 4 rings (SSSR count). The molecular formula is C16H12F3N3O2. The van der Waals surface area contributed by atoms with Crippen LogP contribution in [0, 0.1) is 5.82 Å². The van der Waals surface area contributed by atoms with E-state index in [9.17, 15) is 13.2 Å². The molecule has 8 heteroatoms. The van der Waals surface area contributed by atoms with Gasteiger partial charge in [0.2, 0.25) is 5.92 Å². The molecule has 1 unspecified atom stereocenters. The van der Waals surface area contributed by atoms with E-state index in [1.165, 1.54) is 24.6 Å². The summed E-state index contributed by atoms with van der Waals surface area (Å²) < 4.78 is 50.5. The van der Waals surface area contributed by atoms with E-state index in [0.29, 0.717) is 12.0 Å². The van der Waals surface area contributed by atoms with E-state index in [1.807, 2.05) is 0 Å².